The van der Waals surface area contributed by atoms with E-state index in [4.69, 9.17) is 25.9 Å². The number of aryl methyl sites for hydroxylation is 1. The van der Waals surface area contributed by atoms with E-state index in [0.717, 1.165) is 38.3 Å². The summed E-state index contributed by atoms with van der Waals surface area (Å²) in [6.07, 6.45) is -3.50. The van der Waals surface area contributed by atoms with E-state index < -0.39 is 40.9 Å². The highest BCUT2D eigenvalue weighted by atomic mass is 19.4. The number of nitrogen functional groups attached to an aromatic ring is 1. The number of fused-ring (bicyclic) bond motifs is 2. The van der Waals surface area contributed by atoms with Crippen molar-refractivity contribution < 1.29 is 31.4 Å². The van der Waals surface area contributed by atoms with E-state index in [1.54, 1.807) is 0 Å². The van der Waals surface area contributed by atoms with Gasteiger partial charge in [0.15, 0.2) is 5.82 Å². The molecule has 1 aromatic heterocycles. The van der Waals surface area contributed by atoms with Crippen molar-refractivity contribution in [1.82, 2.24) is 14.9 Å². The van der Waals surface area contributed by atoms with Gasteiger partial charge in [-0.05, 0) is 50.8 Å². The highest BCUT2D eigenvalue weighted by Gasteiger charge is 2.49. The zero-order chi connectivity index (χ0) is 29.1. The summed E-state index contributed by atoms with van der Waals surface area (Å²) in [7, 11) is 0. The molecule has 3 fully saturated rings. The van der Waals surface area contributed by atoms with Crippen molar-refractivity contribution in [3.8, 4) is 6.01 Å². The molecule has 0 bridgehead atoms. The number of piperidine rings is 1. The van der Waals surface area contributed by atoms with Crippen molar-refractivity contribution in [2.75, 3.05) is 43.4 Å². The second-order valence-corrected chi connectivity index (χ2v) is 11.8. The Morgan fingerprint density at radius 2 is 1.95 bits per heavy atom. The third kappa shape index (κ3) is 5.20. The number of anilines is 2. The van der Waals surface area contributed by atoms with Crippen molar-refractivity contribution in [2.24, 2.45) is 5.73 Å². The molecule has 5 heterocycles. The number of nitrogens with zero attached hydrogens (tertiary/aromatic N) is 4. The van der Waals surface area contributed by atoms with Crippen molar-refractivity contribution >= 4 is 11.5 Å². The van der Waals surface area contributed by atoms with Crippen molar-refractivity contribution in [3.05, 3.63) is 39.8 Å². The minimum Gasteiger partial charge on any atom is -0.461 e. The van der Waals surface area contributed by atoms with Gasteiger partial charge in [-0.15, -0.1) is 0 Å². The van der Waals surface area contributed by atoms with Crippen LogP contribution in [0.2, 0.25) is 0 Å². The molecule has 0 amide bonds. The van der Waals surface area contributed by atoms with Crippen LogP contribution in [0.5, 0.6) is 6.01 Å². The molecule has 0 saturated carbocycles. The number of ether oxygens (including phenoxy) is 2. The van der Waals surface area contributed by atoms with Crippen molar-refractivity contribution in [3.63, 3.8) is 0 Å². The molecule has 13 heteroatoms. The Kier molecular flexibility index (Phi) is 7.26. The van der Waals surface area contributed by atoms with Crippen LogP contribution in [0, 0.1) is 12.7 Å². The maximum absolute atomic E-state index is 15.3. The minimum absolute atomic E-state index is 0.0677. The lowest BCUT2D eigenvalue weighted by Crippen LogP contribution is -2.44. The van der Waals surface area contributed by atoms with Crippen LogP contribution in [-0.2, 0) is 23.9 Å². The molecule has 3 saturated heterocycles. The fourth-order valence-corrected chi connectivity index (χ4v) is 7.03. The number of alkyl halides is 4. The summed E-state index contributed by atoms with van der Waals surface area (Å²) in [6.45, 7) is 3.80. The molecule has 4 aliphatic heterocycles. The van der Waals surface area contributed by atoms with Gasteiger partial charge in [-0.1, -0.05) is 0 Å². The van der Waals surface area contributed by atoms with E-state index in [1.807, 2.05) is 0 Å². The zero-order valence-electron chi connectivity index (χ0n) is 22.9. The Bertz CT molecular complexity index is 1320. The highest BCUT2D eigenvalue weighted by Crippen LogP contribution is 2.45. The first kappa shape index (κ1) is 28.4. The summed E-state index contributed by atoms with van der Waals surface area (Å²) in [5, 5.41) is 0. The fourth-order valence-electron chi connectivity index (χ4n) is 7.03. The molecule has 0 spiro atoms. The first-order chi connectivity index (χ1) is 19.4. The number of hydrogen-bond donors (Lipinski definition) is 2. The van der Waals surface area contributed by atoms with E-state index in [0.29, 0.717) is 43.1 Å². The fraction of sp³-hybridized carbons (Fsp3) is 0.643. The van der Waals surface area contributed by atoms with Gasteiger partial charge in [-0.2, -0.15) is 23.1 Å². The van der Waals surface area contributed by atoms with E-state index >= 15 is 4.39 Å². The third-order valence-electron chi connectivity index (χ3n) is 9.06. The molecule has 6 rings (SSSR count). The largest absolute Gasteiger partial charge is 0.461 e. The Labute approximate surface area is 235 Å². The predicted molar refractivity (Wildman–Crippen MR) is 142 cm³/mol. The molecule has 1 aromatic carbocycles. The molecule has 224 valence electrons. The van der Waals surface area contributed by atoms with Gasteiger partial charge in [0.05, 0.1) is 35.2 Å². The number of aromatic nitrogens is 2. The van der Waals surface area contributed by atoms with Crippen molar-refractivity contribution in [1.29, 1.82) is 0 Å². The van der Waals surface area contributed by atoms with Crippen LogP contribution in [0.1, 0.15) is 66.2 Å². The standard InChI is InChI=1S/C28H35F5N6O2/c1-15-9-19(35)24(30)22(23(15)28(31,32)33)21-10-20-18(13-40-21)25(38-7-3-17(34)4-8-38)37-26(36-20)41-14-27-5-2-6-39(27)12-16(29)11-27/h9,16-17,21H,2-8,10-14,34-35H2,1H3/t16-,21?,27+/m1/s1. The summed E-state index contributed by atoms with van der Waals surface area (Å²) in [5.41, 5.74) is 10.2. The van der Waals surface area contributed by atoms with Gasteiger partial charge in [0.2, 0.25) is 0 Å². The molecule has 3 atom stereocenters. The molecular formula is C28H35F5N6O2. The second kappa shape index (κ2) is 10.5. The quantitative estimate of drug-likeness (QED) is 0.399. The molecule has 4 aliphatic rings. The molecule has 8 nitrogen and oxygen atoms in total. The molecule has 0 aliphatic carbocycles. The second-order valence-electron chi connectivity index (χ2n) is 11.8. The van der Waals surface area contributed by atoms with Gasteiger partial charge < -0.3 is 25.8 Å². The van der Waals surface area contributed by atoms with Gasteiger partial charge in [0.25, 0.3) is 0 Å². The minimum atomic E-state index is -4.81. The van der Waals surface area contributed by atoms with Crippen LogP contribution in [0.3, 0.4) is 0 Å². The summed E-state index contributed by atoms with van der Waals surface area (Å²) in [5.74, 6) is -0.569. The molecular weight excluding hydrogens is 547 g/mol. The number of rotatable bonds is 5. The van der Waals surface area contributed by atoms with Crippen molar-refractivity contribution in [2.45, 2.75) is 82.1 Å². The summed E-state index contributed by atoms with van der Waals surface area (Å²) < 4.78 is 83.9. The first-order valence-corrected chi connectivity index (χ1v) is 14.1. The Morgan fingerprint density at radius 3 is 2.68 bits per heavy atom. The topological polar surface area (TPSA) is 103 Å². The van der Waals surface area contributed by atoms with E-state index in [1.165, 1.54) is 6.92 Å². The zero-order valence-corrected chi connectivity index (χ0v) is 22.9. The molecule has 4 N–H and O–H groups in total. The summed E-state index contributed by atoms with van der Waals surface area (Å²) >= 11 is 0. The molecule has 2 aromatic rings. The van der Waals surface area contributed by atoms with E-state index in [-0.39, 0.29) is 42.9 Å². The molecule has 41 heavy (non-hydrogen) atoms. The molecule has 0 radical (unpaired) electrons. The third-order valence-corrected chi connectivity index (χ3v) is 9.06. The van der Waals surface area contributed by atoms with Gasteiger partial charge in [0.1, 0.15) is 18.6 Å². The number of hydrogen-bond acceptors (Lipinski definition) is 8. The van der Waals surface area contributed by atoms with Gasteiger partial charge >= 0.3 is 12.2 Å². The average molecular weight is 583 g/mol. The number of benzene rings is 1. The highest BCUT2D eigenvalue weighted by molar-refractivity contribution is 5.55. The molecule has 1 unspecified atom stereocenters. The van der Waals surface area contributed by atoms with E-state index in [9.17, 15) is 17.6 Å². The lowest BCUT2D eigenvalue weighted by Gasteiger charge is -2.35. The SMILES string of the molecule is Cc1cc(N)c(F)c(C2Cc3nc(OC[C@@]45CCCN4C[C@H](F)C5)nc(N4CCC(N)CC4)c3CO2)c1C(F)(F)F. The Balaban J connectivity index is 1.36. The average Bonchev–Trinajstić information content (AvgIpc) is 3.44. The van der Waals surface area contributed by atoms with Crippen LogP contribution >= 0.6 is 0 Å². The van der Waals surface area contributed by atoms with Crippen LogP contribution in [0.15, 0.2) is 6.07 Å². The maximum Gasteiger partial charge on any atom is 0.417 e. The Morgan fingerprint density at radius 1 is 1.20 bits per heavy atom. The van der Waals surface area contributed by atoms with Crippen LogP contribution in [0.25, 0.3) is 0 Å². The lowest BCUT2D eigenvalue weighted by molar-refractivity contribution is -0.140. The van der Waals surface area contributed by atoms with Gasteiger partial charge in [-0.25, -0.2) is 8.78 Å². The monoisotopic (exact) mass is 582 g/mol. The van der Waals surface area contributed by atoms with E-state index in [2.05, 4.69) is 14.8 Å². The van der Waals surface area contributed by atoms with Gasteiger partial charge in [0, 0.05) is 49.6 Å². The van der Waals surface area contributed by atoms with Gasteiger partial charge in [-0.3, -0.25) is 4.90 Å². The number of halogens is 5. The lowest BCUT2D eigenvalue weighted by atomic mass is 9.91. The predicted octanol–water partition coefficient (Wildman–Crippen LogP) is 4.22. The van der Waals surface area contributed by atoms with Crippen LogP contribution in [-0.4, -0.2) is 65.4 Å². The maximum atomic E-state index is 15.3. The first-order valence-electron chi connectivity index (χ1n) is 14.1. The summed E-state index contributed by atoms with van der Waals surface area (Å²) in [6, 6.07) is 1.12. The Hall–Kier alpha value is -2.77. The van der Waals surface area contributed by atoms with Crippen LogP contribution in [0.4, 0.5) is 33.5 Å². The smallest absolute Gasteiger partial charge is 0.417 e. The summed E-state index contributed by atoms with van der Waals surface area (Å²) in [4.78, 5) is 13.5. The number of nitrogens with two attached hydrogens (primary N) is 2. The normalized spacial score (nSPS) is 27.2. The van der Waals surface area contributed by atoms with Crippen LogP contribution < -0.4 is 21.1 Å².